The molecule has 1 aliphatic rings. The number of carbonyl (C=O) groups excluding carboxylic acids is 2. The van der Waals surface area contributed by atoms with E-state index in [-0.39, 0.29) is 11.8 Å². The number of hydrogen-bond acceptors (Lipinski definition) is 3. The van der Waals surface area contributed by atoms with Gasteiger partial charge in [-0.05, 0) is 62.2 Å². The van der Waals surface area contributed by atoms with Crippen LogP contribution in [-0.4, -0.2) is 29.1 Å². The number of ether oxygens (including phenoxy) is 1. The summed E-state index contributed by atoms with van der Waals surface area (Å²) in [6, 6.07) is 21.2. The number of rotatable bonds is 5. The van der Waals surface area contributed by atoms with Crippen molar-refractivity contribution in [2.75, 3.05) is 17.2 Å². The number of para-hydroxylation sites is 1. The van der Waals surface area contributed by atoms with Gasteiger partial charge in [0.2, 0.25) is 0 Å². The van der Waals surface area contributed by atoms with Gasteiger partial charge in [-0.3, -0.25) is 9.59 Å². The lowest BCUT2D eigenvalue weighted by Gasteiger charge is -2.12. The lowest BCUT2D eigenvalue weighted by molar-refractivity contribution is -0.124. The van der Waals surface area contributed by atoms with Gasteiger partial charge in [0.15, 0.2) is 0 Å². The Bertz CT molecular complexity index is 1320. The SMILES string of the molecule is CCn1c2ccccc2c2cc(NC(=O)c3cccc(NC(=O)C4CCCO4)c3)ccc21. The summed E-state index contributed by atoms with van der Waals surface area (Å²) in [7, 11) is 0. The van der Waals surface area contributed by atoms with Crippen molar-refractivity contribution in [2.45, 2.75) is 32.4 Å². The number of aryl methyl sites for hydroxylation is 1. The van der Waals surface area contributed by atoms with Crippen LogP contribution in [0.3, 0.4) is 0 Å². The number of nitrogens with one attached hydrogen (secondary N) is 2. The summed E-state index contributed by atoms with van der Waals surface area (Å²) in [4.78, 5) is 25.2. The summed E-state index contributed by atoms with van der Waals surface area (Å²) >= 11 is 0. The van der Waals surface area contributed by atoms with Gasteiger partial charge in [-0.15, -0.1) is 0 Å². The minimum Gasteiger partial charge on any atom is -0.368 e. The second-order valence-corrected chi connectivity index (χ2v) is 8.02. The molecule has 3 aromatic carbocycles. The molecule has 4 aromatic rings. The molecule has 162 valence electrons. The van der Waals surface area contributed by atoms with Crippen molar-refractivity contribution in [1.82, 2.24) is 4.57 Å². The molecule has 6 heteroatoms. The van der Waals surface area contributed by atoms with Crippen molar-refractivity contribution in [2.24, 2.45) is 0 Å². The molecular weight excluding hydrogens is 402 g/mol. The van der Waals surface area contributed by atoms with Crippen LogP contribution in [0.4, 0.5) is 11.4 Å². The Morgan fingerprint density at radius 2 is 1.75 bits per heavy atom. The largest absolute Gasteiger partial charge is 0.368 e. The number of hydrogen-bond donors (Lipinski definition) is 2. The van der Waals surface area contributed by atoms with E-state index < -0.39 is 6.10 Å². The third-order valence-electron chi connectivity index (χ3n) is 5.96. The molecule has 5 rings (SSSR count). The Labute approximate surface area is 186 Å². The van der Waals surface area contributed by atoms with E-state index in [0.29, 0.717) is 17.9 Å². The third kappa shape index (κ3) is 3.74. The number of amides is 2. The first kappa shape index (κ1) is 20.3. The first-order valence-electron chi connectivity index (χ1n) is 11.0. The van der Waals surface area contributed by atoms with Crippen LogP contribution in [0.15, 0.2) is 66.7 Å². The second-order valence-electron chi connectivity index (χ2n) is 8.02. The van der Waals surface area contributed by atoms with E-state index in [1.54, 1.807) is 24.3 Å². The zero-order valence-electron chi connectivity index (χ0n) is 17.9. The maximum absolute atomic E-state index is 12.9. The van der Waals surface area contributed by atoms with E-state index in [1.165, 1.54) is 10.9 Å². The van der Waals surface area contributed by atoms with Gasteiger partial charge in [0, 0.05) is 51.9 Å². The fourth-order valence-corrected chi connectivity index (χ4v) is 4.42. The average molecular weight is 428 g/mol. The lowest BCUT2D eigenvalue weighted by atomic mass is 10.1. The molecular formula is C26H25N3O3. The van der Waals surface area contributed by atoms with Gasteiger partial charge in [-0.1, -0.05) is 24.3 Å². The molecule has 2 heterocycles. The van der Waals surface area contributed by atoms with Gasteiger partial charge < -0.3 is 19.9 Å². The van der Waals surface area contributed by atoms with Gasteiger partial charge in [0.1, 0.15) is 6.10 Å². The molecule has 1 saturated heterocycles. The van der Waals surface area contributed by atoms with Crippen LogP contribution in [-0.2, 0) is 16.1 Å². The molecule has 1 aliphatic heterocycles. The van der Waals surface area contributed by atoms with E-state index >= 15 is 0 Å². The minimum absolute atomic E-state index is 0.169. The standard InChI is InChI=1S/C26H25N3O3/c1-2-29-22-10-4-3-9-20(22)21-16-19(12-13-23(21)29)27-25(30)17-7-5-8-18(15-17)28-26(31)24-11-6-14-32-24/h3-5,7-10,12-13,15-16,24H,2,6,11,14H2,1H3,(H,27,30)(H,28,31). The van der Waals surface area contributed by atoms with Crippen LogP contribution in [0.2, 0.25) is 0 Å². The maximum Gasteiger partial charge on any atom is 0.255 e. The smallest absolute Gasteiger partial charge is 0.255 e. The van der Waals surface area contributed by atoms with E-state index in [1.807, 2.05) is 30.3 Å². The Morgan fingerprint density at radius 3 is 2.56 bits per heavy atom. The fourth-order valence-electron chi connectivity index (χ4n) is 4.42. The zero-order chi connectivity index (χ0) is 22.1. The Kier molecular flexibility index (Phi) is 5.37. The predicted octanol–water partition coefficient (Wildman–Crippen LogP) is 5.18. The minimum atomic E-state index is -0.413. The predicted molar refractivity (Wildman–Crippen MR) is 127 cm³/mol. The summed E-state index contributed by atoms with van der Waals surface area (Å²) in [5.41, 5.74) is 4.12. The summed E-state index contributed by atoms with van der Waals surface area (Å²) < 4.78 is 7.70. The fraction of sp³-hybridized carbons (Fsp3) is 0.231. The molecule has 2 amide bonds. The molecule has 1 unspecified atom stereocenters. The first-order valence-corrected chi connectivity index (χ1v) is 11.0. The second kappa shape index (κ2) is 8.48. The molecule has 2 N–H and O–H groups in total. The number of benzene rings is 3. The van der Waals surface area contributed by atoms with Gasteiger partial charge in [0.25, 0.3) is 11.8 Å². The van der Waals surface area contributed by atoms with Crippen molar-refractivity contribution in [3.8, 4) is 0 Å². The molecule has 0 bridgehead atoms. The van der Waals surface area contributed by atoms with E-state index in [0.717, 1.165) is 36.0 Å². The topological polar surface area (TPSA) is 72.4 Å². The lowest BCUT2D eigenvalue weighted by Crippen LogP contribution is -2.27. The van der Waals surface area contributed by atoms with Crippen molar-refractivity contribution < 1.29 is 14.3 Å². The molecule has 6 nitrogen and oxygen atoms in total. The molecule has 0 spiro atoms. The third-order valence-corrected chi connectivity index (χ3v) is 5.96. The molecule has 1 fully saturated rings. The molecule has 32 heavy (non-hydrogen) atoms. The quantitative estimate of drug-likeness (QED) is 0.461. The van der Waals surface area contributed by atoms with E-state index in [9.17, 15) is 9.59 Å². The number of carbonyl (C=O) groups is 2. The Balaban J connectivity index is 1.38. The van der Waals surface area contributed by atoms with Crippen LogP contribution >= 0.6 is 0 Å². The van der Waals surface area contributed by atoms with Gasteiger partial charge in [-0.25, -0.2) is 0 Å². The summed E-state index contributed by atoms with van der Waals surface area (Å²) in [6.07, 6.45) is 1.20. The zero-order valence-corrected chi connectivity index (χ0v) is 17.9. The van der Waals surface area contributed by atoms with Gasteiger partial charge in [-0.2, -0.15) is 0 Å². The molecule has 0 radical (unpaired) electrons. The van der Waals surface area contributed by atoms with Crippen molar-refractivity contribution in [3.63, 3.8) is 0 Å². The van der Waals surface area contributed by atoms with E-state index in [4.69, 9.17) is 4.74 Å². The van der Waals surface area contributed by atoms with Gasteiger partial charge >= 0.3 is 0 Å². The van der Waals surface area contributed by atoms with Crippen LogP contribution in [0.5, 0.6) is 0 Å². The summed E-state index contributed by atoms with van der Waals surface area (Å²) in [6.45, 7) is 3.62. The normalized spacial score (nSPS) is 15.8. The highest BCUT2D eigenvalue weighted by Gasteiger charge is 2.23. The van der Waals surface area contributed by atoms with Crippen LogP contribution in [0, 0.1) is 0 Å². The van der Waals surface area contributed by atoms with Crippen LogP contribution in [0.1, 0.15) is 30.1 Å². The molecule has 1 aromatic heterocycles. The highest BCUT2D eigenvalue weighted by atomic mass is 16.5. The monoisotopic (exact) mass is 427 g/mol. The number of nitrogens with zero attached hydrogens (tertiary/aromatic N) is 1. The highest BCUT2D eigenvalue weighted by Crippen LogP contribution is 2.31. The molecule has 1 atom stereocenters. The van der Waals surface area contributed by atoms with Crippen LogP contribution < -0.4 is 10.6 Å². The van der Waals surface area contributed by atoms with Crippen molar-refractivity contribution in [1.29, 1.82) is 0 Å². The van der Waals surface area contributed by atoms with Gasteiger partial charge in [0.05, 0.1) is 0 Å². The molecule has 0 aliphatic carbocycles. The number of fused-ring (bicyclic) bond motifs is 3. The maximum atomic E-state index is 12.9. The number of anilines is 2. The Hall–Kier alpha value is -3.64. The van der Waals surface area contributed by atoms with Crippen molar-refractivity contribution >= 4 is 45.0 Å². The summed E-state index contributed by atoms with van der Waals surface area (Å²) in [5.74, 6) is -0.394. The Morgan fingerprint density at radius 1 is 0.938 bits per heavy atom. The molecule has 0 saturated carbocycles. The highest BCUT2D eigenvalue weighted by molar-refractivity contribution is 6.11. The number of aromatic nitrogens is 1. The van der Waals surface area contributed by atoms with E-state index in [2.05, 4.69) is 34.3 Å². The summed E-state index contributed by atoms with van der Waals surface area (Å²) in [5, 5.41) is 8.12. The average Bonchev–Trinajstić information content (AvgIpc) is 3.46. The first-order chi connectivity index (χ1) is 15.6. The van der Waals surface area contributed by atoms with Crippen LogP contribution in [0.25, 0.3) is 21.8 Å². The van der Waals surface area contributed by atoms with Crippen molar-refractivity contribution in [3.05, 3.63) is 72.3 Å².